The molecular formula is C20H22N2O4. The molecule has 1 heterocycles. The number of fused-ring (bicyclic) bond motifs is 1. The zero-order valence-electron chi connectivity index (χ0n) is 15.3. The summed E-state index contributed by atoms with van der Waals surface area (Å²) in [5.41, 5.74) is 5.51. The molecule has 2 amide bonds. The summed E-state index contributed by atoms with van der Waals surface area (Å²) in [6.07, 6.45) is -0.172. The van der Waals surface area contributed by atoms with E-state index in [9.17, 15) is 9.59 Å². The van der Waals surface area contributed by atoms with E-state index in [1.54, 1.807) is 13.2 Å². The van der Waals surface area contributed by atoms with Crippen molar-refractivity contribution in [2.75, 3.05) is 24.9 Å². The Hall–Kier alpha value is -3.02. The van der Waals surface area contributed by atoms with E-state index in [4.69, 9.17) is 4.74 Å². The fourth-order valence-corrected chi connectivity index (χ4v) is 3.40. The number of hydrogen-bond acceptors (Lipinski definition) is 4. The van der Waals surface area contributed by atoms with Gasteiger partial charge in [0.2, 0.25) is 5.91 Å². The summed E-state index contributed by atoms with van der Waals surface area (Å²) in [6.45, 7) is 4.02. The second-order valence-corrected chi connectivity index (χ2v) is 6.40. The van der Waals surface area contributed by atoms with Gasteiger partial charge in [0.05, 0.1) is 14.2 Å². The van der Waals surface area contributed by atoms with Gasteiger partial charge < -0.3 is 14.8 Å². The average Bonchev–Trinajstić information content (AvgIpc) is 2.62. The van der Waals surface area contributed by atoms with Gasteiger partial charge in [-0.3, -0.25) is 10.1 Å². The van der Waals surface area contributed by atoms with Crippen molar-refractivity contribution >= 4 is 23.4 Å². The van der Waals surface area contributed by atoms with Crippen LogP contribution in [0.1, 0.15) is 34.6 Å². The highest BCUT2D eigenvalue weighted by atomic mass is 16.5. The van der Waals surface area contributed by atoms with Gasteiger partial charge in [-0.1, -0.05) is 12.1 Å². The lowest BCUT2D eigenvalue weighted by Crippen LogP contribution is -2.24. The highest BCUT2D eigenvalue weighted by molar-refractivity contribution is 5.97. The molecule has 0 saturated carbocycles. The summed E-state index contributed by atoms with van der Waals surface area (Å²) in [4.78, 5) is 23.7. The summed E-state index contributed by atoms with van der Waals surface area (Å²) < 4.78 is 10.0. The zero-order valence-corrected chi connectivity index (χ0v) is 15.3. The molecule has 0 bridgehead atoms. The van der Waals surface area contributed by atoms with E-state index in [1.807, 2.05) is 32.0 Å². The van der Waals surface area contributed by atoms with Gasteiger partial charge in [-0.15, -0.1) is 0 Å². The number of nitrogens with one attached hydrogen (secondary N) is 2. The van der Waals surface area contributed by atoms with Crippen LogP contribution in [0.5, 0.6) is 5.75 Å². The number of anilines is 2. The Morgan fingerprint density at radius 3 is 2.58 bits per heavy atom. The van der Waals surface area contributed by atoms with E-state index in [-0.39, 0.29) is 11.8 Å². The molecule has 3 rings (SSSR count). The van der Waals surface area contributed by atoms with Crippen LogP contribution in [0.2, 0.25) is 0 Å². The molecule has 1 aliphatic rings. The van der Waals surface area contributed by atoms with E-state index >= 15 is 0 Å². The highest BCUT2D eigenvalue weighted by Gasteiger charge is 2.28. The van der Waals surface area contributed by atoms with E-state index in [2.05, 4.69) is 21.4 Å². The second-order valence-electron chi connectivity index (χ2n) is 6.40. The Morgan fingerprint density at radius 1 is 1.12 bits per heavy atom. The molecule has 6 heteroatoms. The topological polar surface area (TPSA) is 76.7 Å². The fraction of sp³-hybridized carbons (Fsp3) is 0.300. The second kappa shape index (κ2) is 7.07. The van der Waals surface area contributed by atoms with Crippen molar-refractivity contribution in [2.45, 2.75) is 26.2 Å². The van der Waals surface area contributed by atoms with Crippen LogP contribution in [0.3, 0.4) is 0 Å². The lowest BCUT2D eigenvalue weighted by molar-refractivity contribution is -0.116. The summed E-state index contributed by atoms with van der Waals surface area (Å²) >= 11 is 0. The Balaban J connectivity index is 2.03. The van der Waals surface area contributed by atoms with Crippen LogP contribution >= 0.6 is 0 Å². The molecule has 0 fully saturated rings. The number of carbonyl (C=O) groups is 2. The maximum atomic E-state index is 12.3. The predicted molar refractivity (Wildman–Crippen MR) is 100 cm³/mol. The molecule has 2 aromatic rings. The van der Waals surface area contributed by atoms with Crippen LogP contribution in [-0.2, 0) is 9.53 Å². The fourth-order valence-electron chi connectivity index (χ4n) is 3.40. The molecule has 0 spiro atoms. The van der Waals surface area contributed by atoms with Crippen LogP contribution in [-0.4, -0.2) is 26.2 Å². The Kier molecular flexibility index (Phi) is 4.84. The minimum Gasteiger partial charge on any atom is -0.496 e. The largest absolute Gasteiger partial charge is 0.496 e. The molecule has 26 heavy (non-hydrogen) atoms. The normalized spacial score (nSPS) is 15.7. The molecule has 1 aliphatic heterocycles. The summed E-state index contributed by atoms with van der Waals surface area (Å²) in [5.74, 6) is 0.741. The van der Waals surface area contributed by atoms with Gasteiger partial charge in [0.25, 0.3) is 0 Å². The van der Waals surface area contributed by atoms with E-state index < -0.39 is 6.09 Å². The SMILES string of the molecule is COC(=O)Nc1ccc2c(c1)NC(=O)C[C@@H]2c1cc(C)c(OC)cc1C. The average molecular weight is 354 g/mol. The van der Waals surface area contributed by atoms with Crippen molar-refractivity contribution in [3.63, 3.8) is 0 Å². The molecule has 2 N–H and O–H groups in total. The third-order valence-electron chi connectivity index (χ3n) is 4.68. The van der Waals surface area contributed by atoms with Crippen molar-refractivity contribution in [3.05, 3.63) is 52.6 Å². The maximum absolute atomic E-state index is 12.3. The van der Waals surface area contributed by atoms with Crippen LogP contribution < -0.4 is 15.4 Å². The van der Waals surface area contributed by atoms with Crippen molar-refractivity contribution < 1.29 is 19.1 Å². The van der Waals surface area contributed by atoms with Crippen LogP contribution in [0.25, 0.3) is 0 Å². The lowest BCUT2D eigenvalue weighted by atomic mass is 9.82. The number of benzene rings is 2. The van der Waals surface area contributed by atoms with Crippen molar-refractivity contribution in [3.8, 4) is 5.75 Å². The van der Waals surface area contributed by atoms with Gasteiger partial charge in [0, 0.05) is 23.7 Å². The minimum absolute atomic E-state index is 0.0458. The number of carbonyl (C=O) groups excluding carboxylic acids is 2. The number of hydrogen-bond donors (Lipinski definition) is 2. The molecule has 0 saturated heterocycles. The van der Waals surface area contributed by atoms with E-state index in [0.29, 0.717) is 17.8 Å². The van der Waals surface area contributed by atoms with Gasteiger partial charge in [-0.25, -0.2) is 4.79 Å². The summed E-state index contributed by atoms with van der Waals surface area (Å²) in [5, 5.41) is 5.51. The zero-order chi connectivity index (χ0) is 18.8. The van der Waals surface area contributed by atoms with Crippen LogP contribution in [0.15, 0.2) is 30.3 Å². The summed E-state index contributed by atoms with van der Waals surface area (Å²) in [6, 6.07) is 9.59. The van der Waals surface area contributed by atoms with Gasteiger partial charge in [-0.05, 0) is 54.3 Å². The first-order valence-corrected chi connectivity index (χ1v) is 8.36. The van der Waals surface area contributed by atoms with Crippen molar-refractivity contribution in [2.24, 2.45) is 0 Å². The molecule has 2 aromatic carbocycles. The maximum Gasteiger partial charge on any atom is 0.411 e. The quantitative estimate of drug-likeness (QED) is 0.874. The first-order chi connectivity index (χ1) is 12.4. The molecule has 0 aliphatic carbocycles. The van der Waals surface area contributed by atoms with Gasteiger partial charge in [-0.2, -0.15) is 0 Å². The molecule has 0 unspecified atom stereocenters. The number of methoxy groups -OCH3 is 2. The third kappa shape index (κ3) is 3.35. The van der Waals surface area contributed by atoms with Crippen molar-refractivity contribution in [1.82, 2.24) is 0 Å². The number of ether oxygens (including phenoxy) is 2. The predicted octanol–water partition coefficient (Wildman–Crippen LogP) is 3.96. The number of rotatable bonds is 3. The molecule has 0 aromatic heterocycles. The Bertz CT molecular complexity index is 876. The van der Waals surface area contributed by atoms with Gasteiger partial charge in [0.15, 0.2) is 0 Å². The first-order valence-electron chi connectivity index (χ1n) is 8.36. The monoisotopic (exact) mass is 354 g/mol. The third-order valence-corrected chi connectivity index (χ3v) is 4.68. The van der Waals surface area contributed by atoms with E-state index in [0.717, 1.165) is 28.0 Å². The Morgan fingerprint density at radius 2 is 1.88 bits per heavy atom. The molecule has 0 radical (unpaired) electrons. The summed E-state index contributed by atoms with van der Waals surface area (Å²) in [7, 11) is 2.96. The first kappa shape index (κ1) is 17.8. The highest BCUT2D eigenvalue weighted by Crippen LogP contribution is 2.40. The van der Waals surface area contributed by atoms with Gasteiger partial charge in [0.1, 0.15) is 5.75 Å². The van der Waals surface area contributed by atoms with Crippen LogP contribution in [0, 0.1) is 13.8 Å². The number of amides is 2. The molecule has 1 atom stereocenters. The Labute approximate surface area is 152 Å². The van der Waals surface area contributed by atoms with E-state index in [1.165, 1.54) is 7.11 Å². The van der Waals surface area contributed by atoms with Crippen LogP contribution in [0.4, 0.5) is 16.2 Å². The minimum atomic E-state index is -0.551. The molecule has 6 nitrogen and oxygen atoms in total. The standard InChI is InChI=1S/C20H22N2O4/c1-11-8-18(25-3)12(2)7-15(11)16-10-19(23)22-17-9-13(5-6-14(16)17)21-20(24)26-4/h5-9,16H,10H2,1-4H3,(H,21,24)(H,22,23)/t16-/m0/s1. The molecule has 136 valence electrons. The lowest BCUT2D eigenvalue weighted by Gasteiger charge is -2.28. The molecular weight excluding hydrogens is 332 g/mol. The van der Waals surface area contributed by atoms with Crippen molar-refractivity contribution in [1.29, 1.82) is 0 Å². The smallest absolute Gasteiger partial charge is 0.411 e. The van der Waals surface area contributed by atoms with Gasteiger partial charge >= 0.3 is 6.09 Å². The number of aryl methyl sites for hydroxylation is 2.